The molecule has 8 nitrogen and oxygen atoms in total. The number of aryl methyl sites for hydroxylation is 2. The fourth-order valence-corrected chi connectivity index (χ4v) is 5.89. The normalized spacial score (nSPS) is 14.4. The van der Waals surface area contributed by atoms with Crippen LogP contribution >= 0.6 is 24.0 Å². The van der Waals surface area contributed by atoms with E-state index in [-0.39, 0.29) is 17.6 Å². The number of thiocarbonyl (C=S) groups is 1. The topological polar surface area (TPSA) is 84.6 Å². The molecule has 1 aliphatic rings. The second-order valence-electron chi connectivity index (χ2n) is 10.7. The largest absolute Gasteiger partial charge is 0.573 e. The second-order valence-corrected chi connectivity index (χ2v) is 12.0. The molecule has 3 aromatic carbocycles. The Morgan fingerprint density at radius 2 is 1.84 bits per heavy atom. The number of carbonyl (C=O) groups is 1. The van der Waals surface area contributed by atoms with Crippen LogP contribution in [0.5, 0.6) is 5.75 Å². The van der Waals surface area contributed by atoms with E-state index in [1.165, 1.54) is 47.0 Å². The standard InChI is InChI=1S/C32H31F3N6O2S2/c1-20(2)26-17-21(3)6-15-27(26)41-28(42)18-45-31(41)38-30(44)36-16-4-5-22-7-9-23(10-8-22)29-37-19-40(39-29)24-11-13-25(14-12-24)43-32(33,34)35/h6-15,17,19-20H,4-5,16,18H2,1-3H3,(H,36,44). The van der Waals surface area contributed by atoms with Crippen molar-refractivity contribution in [1.82, 2.24) is 20.1 Å². The third-order valence-corrected chi connectivity index (χ3v) is 8.12. The highest BCUT2D eigenvalue weighted by Gasteiger charge is 2.32. The highest BCUT2D eigenvalue weighted by Crippen LogP contribution is 2.34. The third kappa shape index (κ3) is 8.28. The van der Waals surface area contributed by atoms with Gasteiger partial charge >= 0.3 is 6.36 Å². The number of nitrogens with zero attached hydrogens (tertiary/aromatic N) is 5. The van der Waals surface area contributed by atoms with E-state index in [4.69, 9.17) is 12.2 Å². The summed E-state index contributed by atoms with van der Waals surface area (Å²) in [5.74, 6) is 0.760. The van der Waals surface area contributed by atoms with E-state index in [0.717, 1.165) is 40.8 Å². The fourth-order valence-electron chi connectivity index (χ4n) is 4.78. The van der Waals surface area contributed by atoms with E-state index in [1.54, 1.807) is 4.90 Å². The number of amidine groups is 1. The van der Waals surface area contributed by atoms with E-state index in [0.29, 0.717) is 34.1 Å². The number of halogens is 3. The van der Waals surface area contributed by atoms with Gasteiger partial charge in [0.1, 0.15) is 12.1 Å². The summed E-state index contributed by atoms with van der Waals surface area (Å²) >= 11 is 6.88. The van der Waals surface area contributed by atoms with E-state index >= 15 is 0 Å². The lowest BCUT2D eigenvalue weighted by Crippen LogP contribution is -2.32. The first-order valence-corrected chi connectivity index (χ1v) is 15.7. The Labute approximate surface area is 268 Å². The van der Waals surface area contributed by atoms with Crippen molar-refractivity contribution in [2.75, 3.05) is 17.2 Å². The molecule has 0 saturated carbocycles. The Morgan fingerprint density at radius 3 is 2.53 bits per heavy atom. The molecule has 0 bridgehead atoms. The number of hydrogen-bond donors (Lipinski definition) is 1. The molecule has 1 aromatic heterocycles. The van der Waals surface area contributed by atoms with Crippen LogP contribution < -0.4 is 15.0 Å². The monoisotopic (exact) mass is 652 g/mol. The van der Waals surface area contributed by atoms with Crippen LogP contribution in [0, 0.1) is 6.92 Å². The van der Waals surface area contributed by atoms with Gasteiger partial charge in [-0.1, -0.05) is 67.6 Å². The summed E-state index contributed by atoms with van der Waals surface area (Å²) in [4.78, 5) is 23.4. The second kappa shape index (κ2) is 13.8. The van der Waals surface area contributed by atoms with Crippen molar-refractivity contribution in [3.63, 3.8) is 0 Å². The lowest BCUT2D eigenvalue weighted by atomic mass is 9.98. The molecule has 1 N–H and O–H groups in total. The van der Waals surface area contributed by atoms with Gasteiger partial charge in [-0.25, -0.2) is 9.67 Å². The molecule has 2 heterocycles. The summed E-state index contributed by atoms with van der Waals surface area (Å²) in [6.07, 6.45) is -1.62. The van der Waals surface area contributed by atoms with E-state index in [2.05, 4.69) is 45.0 Å². The van der Waals surface area contributed by atoms with Crippen LogP contribution in [0.15, 0.2) is 78.0 Å². The minimum absolute atomic E-state index is 0.00803. The van der Waals surface area contributed by atoms with Gasteiger partial charge in [0.05, 0.1) is 17.1 Å². The lowest BCUT2D eigenvalue weighted by Gasteiger charge is -2.22. The van der Waals surface area contributed by atoms with Gasteiger partial charge in [0.15, 0.2) is 16.1 Å². The van der Waals surface area contributed by atoms with Crippen LogP contribution in [0.4, 0.5) is 18.9 Å². The van der Waals surface area contributed by atoms with Crippen molar-refractivity contribution in [1.29, 1.82) is 0 Å². The van der Waals surface area contributed by atoms with Crippen molar-refractivity contribution in [3.05, 3.63) is 89.7 Å². The zero-order chi connectivity index (χ0) is 32.1. The molecule has 234 valence electrons. The van der Waals surface area contributed by atoms with Crippen molar-refractivity contribution < 1.29 is 22.7 Å². The van der Waals surface area contributed by atoms with Crippen LogP contribution in [0.1, 0.15) is 42.9 Å². The number of ether oxygens (including phenoxy) is 1. The Hall–Kier alpha value is -4.23. The third-order valence-electron chi connectivity index (χ3n) is 6.97. The van der Waals surface area contributed by atoms with Gasteiger partial charge in [-0.2, -0.15) is 4.99 Å². The number of anilines is 1. The minimum Gasteiger partial charge on any atom is -0.406 e. The molecule has 0 aliphatic carbocycles. The van der Waals surface area contributed by atoms with Crippen molar-refractivity contribution in [2.45, 2.75) is 45.9 Å². The average molecular weight is 653 g/mol. The highest BCUT2D eigenvalue weighted by atomic mass is 32.2. The number of amides is 1. The maximum atomic E-state index is 12.8. The summed E-state index contributed by atoms with van der Waals surface area (Å²) in [5.41, 5.74) is 5.59. The zero-order valence-corrected chi connectivity index (χ0v) is 26.5. The number of thioether (sulfide) groups is 1. The Morgan fingerprint density at radius 1 is 1.11 bits per heavy atom. The number of alkyl halides is 3. The number of rotatable bonds is 9. The first kappa shape index (κ1) is 32.2. The van der Waals surface area contributed by atoms with E-state index in [1.807, 2.05) is 43.3 Å². The number of carbonyl (C=O) groups excluding carboxylic acids is 1. The van der Waals surface area contributed by atoms with Crippen LogP contribution in [-0.4, -0.2) is 49.6 Å². The molecule has 4 aromatic rings. The van der Waals surface area contributed by atoms with Gasteiger partial charge in [-0.05, 0) is 79.4 Å². The molecule has 1 fully saturated rings. The molecule has 5 rings (SSSR count). The first-order chi connectivity index (χ1) is 21.5. The van der Waals surface area contributed by atoms with Crippen LogP contribution in [0.3, 0.4) is 0 Å². The number of aliphatic imine (C=N–C) groups is 1. The predicted molar refractivity (Wildman–Crippen MR) is 175 cm³/mol. The molecule has 0 atom stereocenters. The Kier molecular flexibility index (Phi) is 9.88. The molecule has 0 unspecified atom stereocenters. The molecular formula is C32H31F3N6O2S2. The van der Waals surface area contributed by atoms with E-state index in [9.17, 15) is 18.0 Å². The van der Waals surface area contributed by atoms with Crippen molar-refractivity contribution >= 4 is 45.9 Å². The quantitative estimate of drug-likeness (QED) is 0.151. The van der Waals surface area contributed by atoms with Crippen LogP contribution in [0.2, 0.25) is 0 Å². The van der Waals surface area contributed by atoms with Gasteiger partial charge in [0.25, 0.3) is 0 Å². The Balaban J connectivity index is 1.13. The van der Waals surface area contributed by atoms with Gasteiger partial charge in [-0.3, -0.25) is 9.69 Å². The van der Waals surface area contributed by atoms with Gasteiger partial charge < -0.3 is 10.1 Å². The maximum absolute atomic E-state index is 12.8. The van der Waals surface area contributed by atoms with Gasteiger partial charge in [0.2, 0.25) is 5.91 Å². The molecule has 45 heavy (non-hydrogen) atoms. The highest BCUT2D eigenvalue weighted by molar-refractivity contribution is 8.15. The van der Waals surface area contributed by atoms with Crippen LogP contribution in [-0.2, 0) is 11.2 Å². The smallest absolute Gasteiger partial charge is 0.406 e. The molecule has 0 radical (unpaired) electrons. The molecular weight excluding hydrogens is 622 g/mol. The summed E-state index contributed by atoms with van der Waals surface area (Å²) < 4.78 is 42.6. The first-order valence-electron chi connectivity index (χ1n) is 14.3. The Bertz CT molecular complexity index is 1700. The summed E-state index contributed by atoms with van der Waals surface area (Å²) in [6.45, 7) is 6.88. The number of nitrogens with one attached hydrogen (secondary N) is 1. The number of aromatic nitrogens is 3. The number of benzene rings is 3. The molecule has 1 amide bonds. The van der Waals surface area contributed by atoms with Gasteiger partial charge in [0, 0.05) is 12.1 Å². The number of hydrogen-bond acceptors (Lipinski definition) is 6. The predicted octanol–water partition coefficient (Wildman–Crippen LogP) is 7.21. The summed E-state index contributed by atoms with van der Waals surface area (Å²) in [6, 6.07) is 19.4. The minimum atomic E-state index is -4.74. The molecule has 0 spiro atoms. The molecule has 13 heteroatoms. The average Bonchev–Trinajstić information content (AvgIpc) is 3.62. The van der Waals surface area contributed by atoms with Gasteiger partial charge in [-0.15, -0.1) is 18.3 Å². The van der Waals surface area contributed by atoms with Crippen molar-refractivity contribution in [3.8, 4) is 22.8 Å². The molecule has 1 aliphatic heterocycles. The lowest BCUT2D eigenvalue weighted by molar-refractivity contribution is -0.274. The van der Waals surface area contributed by atoms with E-state index < -0.39 is 6.36 Å². The SMILES string of the molecule is Cc1ccc(N2C(=O)CSC2=NC(=S)NCCCc2ccc(-c3ncn(-c4ccc(OC(F)(F)F)cc4)n3)cc2)c(C(C)C)c1. The fraction of sp³-hybridized carbons (Fsp3) is 0.281. The summed E-state index contributed by atoms with van der Waals surface area (Å²) in [5, 5.41) is 8.57. The maximum Gasteiger partial charge on any atom is 0.573 e. The summed E-state index contributed by atoms with van der Waals surface area (Å²) in [7, 11) is 0. The molecule has 1 saturated heterocycles. The van der Waals surface area contributed by atoms with Crippen LogP contribution in [0.25, 0.3) is 17.1 Å². The zero-order valence-electron chi connectivity index (χ0n) is 24.8. The van der Waals surface area contributed by atoms with Crippen molar-refractivity contribution in [2.24, 2.45) is 4.99 Å².